The Morgan fingerprint density at radius 2 is 1.90 bits per heavy atom. The second-order valence-corrected chi connectivity index (χ2v) is 7.01. The van der Waals surface area contributed by atoms with E-state index in [2.05, 4.69) is 41.2 Å². The molecule has 0 spiro atoms. The molecular weight excluding hydrogens is 264 g/mol. The first-order chi connectivity index (χ1) is 10.1. The molecule has 2 heterocycles. The van der Waals surface area contributed by atoms with Crippen molar-refractivity contribution in [1.82, 2.24) is 20.0 Å². The Labute approximate surface area is 130 Å². The number of nitrogens with zero attached hydrogens (tertiary/aromatic N) is 3. The Hall–Kier alpha value is -0.200. The van der Waals surface area contributed by atoms with E-state index in [0.717, 1.165) is 32.2 Å². The van der Waals surface area contributed by atoms with Gasteiger partial charge in [-0.3, -0.25) is 4.90 Å². The number of nitrogens with one attached hydrogen (secondary N) is 1. The van der Waals surface area contributed by atoms with E-state index in [1.807, 2.05) is 0 Å². The van der Waals surface area contributed by atoms with Crippen molar-refractivity contribution in [2.75, 3.05) is 67.0 Å². The molecule has 0 saturated carbocycles. The molecule has 2 aliphatic rings. The topological polar surface area (TPSA) is 42.0 Å². The fourth-order valence-corrected chi connectivity index (χ4v) is 3.92. The molecule has 2 aliphatic heterocycles. The molecule has 0 amide bonds. The number of hydrogen-bond donors (Lipinski definition) is 2. The number of hydrogen-bond acceptors (Lipinski definition) is 5. The zero-order valence-corrected chi connectivity index (χ0v) is 14.1. The highest BCUT2D eigenvalue weighted by molar-refractivity contribution is 4.90. The maximum absolute atomic E-state index is 9.10. The summed E-state index contributed by atoms with van der Waals surface area (Å²) in [5.41, 5.74) is 0. The summed E-state index contributed by atoms with van der Waals surface area (Å²) in [6.07, 6.45) is 3.84. The minimum atomic E-state index is 0.261. The van der Waals surface area contributed by atoms with Crippen LogP contribution in [0.3, 0.4) is 0 Å². The fourth-order valence-electron chi connectivity index (χ4n) is 3.92. The standard InChI is InChI=1S/C16H34N4O/c1-18-8-5-15(6-9-18)20(3)16-12-17-7-4-14(16)13-19(2)10-11-21/h14-17,21H,4-13H2,1-3H3. The normalized spacial score (nSPS) is 29.4. The third-order valence-corrected chi connectivity index (χ3v) is 5.40. The summed E-state index contributed by atoms with van der Waals surface area (Å²) in [5, 5.41) is 12.7. The van der Waals surface area contributed by atoms with Gasteiger partial charge in [0, 0.05) is 31.7 Å². The maximum Gasteiger partial charge on any atom is 0.0558 e. The van der Waals surface area contributed by atoms with E-state index < -0.39 is 0 Å². The van der Waals surface area contributed by atoms with Crippen molar-refractivity contribution in [3.8, 4) is 0 Å². The zero-order chi connectivity index (χ0) is 15.2. The first kappa shape index (κ1) is 17.2. The molecule has 2 atom stereocenters. The molecule has 21 heavy (non-hydrogen) atoms. The second-order valence-electron chi connectivity index (χ2n) is 7.01. The Kier molecular flexibility index (Phi) is 6.89. The number of aliphatic hydroxyl groups is 1. The van der Waals surface area contributed by atoms with Crippen LogP contribution in [0.1, 0.15) is 19.3 Å². The second kappa shape index (κ2) is 8.44. The molecule has 124 valence electrons. The molecule has 0 aromatic carbocycles. The number of rotatable bonds is 6. The predicted octanol–water partition coefficient (Wildman–Crippen LogP) is -0.0854. The first-order valence-corrected chi connectivity index (χ1v) is 8.52. The smallest absolute Gasteiger partial charge is 0.0558 e. The first-order valence-electron chi connectivity index (χ1n) is 8.52. The summed E-state index contributed by atoms with van der Waals surface area (Å²) >= 11 is 0. The van der Waals surface area contributed by atoms with E-state index in [-0.39, 0.29) is 6.61 Å². The molecule has 0 aliphatic carbocycles. The lowest BCUT2D eigenvalue weighted by Gasteiger charge is -2.45. The van der Waals surface area contributed by atoms with Gasteiger partial charge in [0.2, 0.25) is 0 Å². The van der Waals surface area contributed by atoms with Crippen molar-refractivity contribution in [3.63, 3.8) is 0 Å². The van der Waals surface area contributed by atoms with Gasteiger partial charge in [0.25, 0.3) is 0 Å². The minimum Gasteiger partial charge on any atom is -0.395 e. The van der Waals surface area contributed by atoms with E-state index in [4.69, 9.17) is 5.11 Å². The average Bonchev–Trinajstić information content (AvgIpc) is 2.48. The van der Waals surface area contributed by atoms with Crippen LogP contribution in [0.4, 0.5) is 0 Å². The zero-order valence-electron chi connectivity index (χ0n) is 14.1. The molecule has 5 nitrogen and oxygen atoms in total. The van der Waals surface area contributed by atoms with E-state index >= 15 is 0 Å². The SMILES string of the molecule is CN1CCC(N(C)C2CNCCC2CN(C)CCO)CC1. The monoisotopic (exact) mass is 298 g/mol. The average molecular weight is 298 g/mol. The molecule has 0 aromatic rings. The number of aliphatic hydroxyl groups excluding tert-OH is 1. The van der Waals surface area contributed by atoms with Crippen LogP contribution < -0.4 is 5.32 Å². The lowest BCUT2D eigenvalue weighted by atomic mass is 9.89. The molecule has 2 fully saturated rings. The van der Waals surface area contributed by atoms with Gasteiger partial charge in [-0.15, -0.1) is 0 Å². The van der Waals surface area contributed by atoms with Crippen molar-refractivity contribution in [2.45, 2.75) is 31.3 Å². The van der Waals surface area contributed by atoms with Crippen molar-refractivity contribution in [2.24, 2.45) is 5.92 Å². The molecule has 0 radical (unpaired) electrons. The molecule has 2 N–H and O–H groups in total. The third kappa shape index (κ3) is 4.89. The highest BCUT2D eigenvalue weighted by Gasteiger charge is 2.33. The van der Waals surface area contributed by atoms with Gasteiger partial charge in [-0.05, 0) is 66.0 Å². The van der Waals surface area contributed by atoms with Crippen molar-refractivity contribution in [3.05, 3.63) is 0 Å². The van der Waals surface area contributed by atoms with Crippen molar-refractivity contribution in [1.29, 1.82) is 0 Å². The van der Waals surface area contributed by atoms with E-state index in [9.17, 15) is 0 Å². The van der Waals surface area contributed by atoms with Crippen LogP contribution in [0.5, 0.6) is 0 Å². The van der Waals surface area contributed by atoms with Crippen LogP contribution in [-0.2, 0) is 0 Å². The van der Waals surface area contributed by atoms with E-state index in [1.165, 1.54) is 32.4 Å². The minimum absolute atomic E-state index is 0.261. The lowest BCUT2D eigenvalue weighted by Crippen LogP contribution is -2.56. The molecular formula is C16H34N4O. The summed E-state index contributed by atoms with van der Waals surface area (Å²) in [5.74, 6) is 0.715. The Morgan fingerprint density at radius 3 is 2.57 bits per heavy atom. The van der Waals surface area contributed by atoms with Gasteiger partial charge in [0.05, 0.1) is 6.61 Å². The van der Waals surface area contributed by atoms with Gasteiger partial charge < -0.3 is 20.2 Å². The van der Waals surface area contributed by atoms with Crippen molar-refractivity contribution < 1.29 is 5.11 Å². The predicted molar refractivity (Wildman–Crippen MR) is 87.6 cm³/mol. The lowest BCUT2D eigenvalue weighted by molar-refractivity contribution is 0.0506. The van der Waals surface area contributed by atoms with Gasteiger partial charge in [0.15, 0.2) is 0 Å². The molecule has 2 saturated heterocycles. The van der Waals surface area contributed by atoms with Crippen LogP contribution in [0.15, 0.2) is 0 Å². The van der Waals surface area contributed by atoms with Crippen LogP contribution in [0.25, 0.3) is 0 Å². The molecule has 0 bridgehead atoms. The van der Waals surface area contributed by atoms with Crippen LogP contribution >= 0.6 is 0 Å². The highest BCUT2D eigenvalue weighted by atomic mass is 16.3. The van der Waals surface area contributed by atoms with Crippen LogP contribution in [0, 0.1) is 5.92 Å². The van der Waals surface area contributed by atoms with Crippen LogP contribution in [-0.4, -0.2) is 98.9 Å². The third-order valence-electron chi connectivity index (χ3n) is 5.40. The summed E-state index contributed by atoms with van der Waals surface area (Å²) < 4.78 is 0. The Balaban J connectivity index is 1.90. The van der Waals surface area contributed by atoms with Gasteiger partial charge >= 0.3 is 0 Å². The summed E-state index contributed by atoms with van der Waals surface area (Å²) in [4.78, 5) is 7.37. The number of piperidine rings is 2. The largest absolute Gasteiger partial charge is 0.395 e. The molecule has 2 unspecified atom stereocenters. The van der Waals surface area contributed by atoms with Gasteiger partial charge in [-0.25, -0.2) is 0 Å². The highest BCUT2D eigenvalue weighted by Crippen LogP contribution is 2.24. The van der Waals surface area contributed by atoms with Gasteiger partial charge in [-0.1, -0.05) is 0 Å². The van der Waals surface area contributed by atoms with Crippen molar-refractivity contribution >= 4 is 0 Å². The fraction of sp³-hybridized carbons (Fsp3) is 1.00. The quantitative estimate of drug-likeness (QED) is 0.718. The van der Waals surface area contributed by atoms with Crippen LogP contribution in [0.2, 0.25) is 0 Å². The summed E-state index contributed by atoms with van der Waals surface area (Å²) in [7, 11) is 6.68. The Bertz CT molecular complexity index is 292. The van der Waals surface area contributed by atoms with Gasteiger partial charge in [0.1, 0.15) is 0 Å². The molecule has 0 aromatic heterocycles. The number of likely N-dealkylation sites (N-methyl/N-ethyl adjacent to an activating group) is 2. The van der Waals surface area contributed by atoms with E-state index in [1.54, 1.807) is 0 Å². The summed E-state index contributed by atoms with van der Waals surface area (Å²) in [6.45, 7) is 6.85. The summed E-state index contributed by atoms with van der Waals surface area (Å²) in [6, 6.07) is 1.37. The maximum atomic E-state index is 9.10. The number of likely N-dealkylation sites (tertiary alicyclic amines) is 1. The molecule has 2 rings (SSSR count). The van der Waals surface area contributed by atoms with Gasteiger partial charge in [-0.2, -0.15) is 0 Å². The molecule has 5 heteroatoms. The Morgan fingerprint density at radius 1 is 1.19 bits per heavy atom. The van der Waals surface area contributed by atoms with E-state index in [0.29, 0.717) is 12.0 Å².